The third kappa shape index (κ3) is 7.68. The summed E-state index contributed by atoms with van der Waals surface area (Å²) in [6, 6.07) is 7.60. The predicted molar refractivity (Wildman–Crippen MR) is 93.4 cm³/mol. The molecular weight excluding hydrogens is 324 g/mol. The van der Waals surface area contributed by atoms with E-state index in [1.54, 1.807) is 25.6 Å². The summed E-state index contributed by atoms with van der Waals surface area (Å²) in [5.74, 6) is 1.05. The molecule has 0 aliphatic rings. The first-order chi connectivity index (χ1) is 9.82. The number of methoxy groups -OCH3 is 1. The van der Waals surface area contributed by atoms with E-state index in [4.69, 9.17) is 5.73 Å². The molecule has 1 rings (SSSR count). The van der Waals surface area contributed by atoms with Gasteiger partial charge >= 0.3 is 5.97 Å². The lowest BCUT2D eigenvalue weighted by atomic mass is 10.1. The summed E-state index contributed by atoms with van der Waals surface area (Å²) in [5, 5.41) is 2.79. The fraction of sp³-hybridized carbons (Fsp3) is 0.467. The summed E-state index contributed by atoms with van der Waals surface area (Å²) in [6.07, 6.45) is 0.402. The molecular formula is C15H23ClN2O3S. The predicted octanol–water partition coefficient (Wildman–Crippen LogP) is 2.58. The van der Waals surface area contributed by atoms with Crippen LogP contribution in [-0.2, 0) is 20.1 Å². The Hall–Kier alpha value is -1.24. The number of hydrogen-bond acceptors (Lipinski definition) is 5. The van der Waals surface area contributed by atoms with Crippen LogP contribution in [0.15, 0.2) is 24.3 Å². The molecule has 0 saturated heterocycles. The summed E-state index contributed by atoms with van der Waals surface area (Å²) in [5.41, 5.74) is 6.64. The highest BCUT2D eigenvalue weighted by molar-refractivity contribution is 7.98. The van der Waals surface area contributed by atoms with Crippen molar-refractivity contribution in [2.45, 2.75) is 31.6 Å². The van der Waals surface area contributed by atoms with Crippen molar-refractivity contribution < 1.29 is 14.3 Å². The zero-order chi connectivity index (χ0) is 15.9. The molecule has 5 nitrogen and oxygen atoms in total. The topological polar surface area (TPSA) is 81.4 Å². The lowest BCUT2D eigenvalue weighted by Gasteiger charge is -2.18. The van der Waals surface area contributed by atoms with Crippen molar-refractivity contribution in [2.24, 2.45) is 5.73 Å². The van der Waals surface area contributed by atoms with Crippen LogP contribution >= 0.6 is 24.2 Å². The van der Waals surface area contributed by atoms with Gasteiger partial charge in [0.2, 0.25) is 5.91 Å². The number of nitrogens with two attached hydrogens (primary N) is 1. The van der Waals surface area contributed by atoms with Gasteiger partial charge in [-0.3, -0.25) is 9.59 Å². The van der Waals surface area contributed by atoms with Gasteiger partial charge in [-0.15, -0.1) is 12.4 Å². The average Bonchev–Trinajstić information content (AvgIpc) is 2.42. The molecule has 0 saturated carbocycles. The van der Waals surface area contributed by atoms with Gasteiger partial charge in [0.15, 0.2) is 0 Å². The largest absolute Gasteiger partial charge is 0.469 e. The van der Waals surface area contributed by atoms with Gasteiger partial charge in [0.25, 0.3) is 0 Å². The summed E-state index contributed by atoms with van der Waals surface area (Å²) in [7, 11) is 1.39. The Bertz CT molecular complexity index is 504. The number of ether oxygens (including phenoxy) is 1. The molecule has 0 aliphatic heterocycles. The molecule has 1 aromatic carbocycles. The van der Waals surface area contributed by atoms with Crippen LogP contribution in [0.1, 0.15) is 25.8 Å². The Morgan fingerprint density at radius 1 is 1.36 bits per heavy atom. The summed E-state index contributed by atoms with van der Waals surface area (Å²) in [4.78, 5) is 22.8. The molecule has 0 aromatic heterocycles. The molecule has 0 unspecified atom stereocenters. The Balaban J connectivity index is 0.00000441. The monoisotopic (exact) mass is 346 g/mol. The molecule has 3 N–H and O–H groups in total. The molecule has 7 heteroatoms. The van der Waals surface area contributed by atoms with E-state index in [0.717, 1.165) is 17.0 Å². The van der Waals surface area contributed by atoms with Crippen LogP contribution in [0, 0.1) is 0 Å². The lowest BCUT2D eigenvalue weighted by Crippen LogP contribution is -2.45. The number of carbonyl (C=O) groups excluding carboxylic acids is 2. The number of rotatable bonds is 7. The molecule has 22 heavy (non-hydrogen) atoms. The highest BCUT2D eigenvalue weighted by atomic mass is 35.5. The third-order valence-corrected chi connectivity index (χ3v) is 3.75. The molecule has 0 aliphatic carbocycles. The van der Waals surface area contributed by atoms with E-state index >= 15 is 0 Å². The Kier molecular flexibility index (Phi) is 9.16. The van der Waals surface area contributed by atoms with E-state index in [0.29, 0.717) is 12.2 Å². The van der Waals surface area contributed by atoms with Crippen molar-refractivity contribution in [3.63, 3.8) is 0 Å². The Morgan fingerprint density at radius 3 is 2.64 bits per heavy atom. The molecule has 1 aromatic rings. The molecule has 0 spiro atoms. The van der Waals surface area contributed by atoms with Crippen molar-refractivity contribution in [1.82, 2.24) is 0 Å². The van der Waals surface area contributed by atoms with E-state index in [-0.39, 0.29) is 24.3 Å². The molecule has 0 heterocycles. The molecule has 0 radical (unpaired) electrons. The van der Waals surface area contributed by atoms with E-state index in [9.17, 15) is 9.59 Å². The van der Waals surface area contributed by atoms with E-state index in [2.05, 4.69) is 10.1 Å². The first-order valence-electron chi connectivity index (χ1n) is 6.67. The first-order valence-corrected chi connectivity index (χ1v) is 7.82. The number of anilines is 1. The van der Waals surface area contributed by atoms with Crippen LogP contribution < -0.4 is 11.1 Å². The average molecular weight is 347 g/mol. The number of nitrogens with one attached hydrogen (secondary N) is 1. The van der Waals surface area contributed by atoms with Crippen LogP contribution in [0.25, 0.3) is 0 Å². The number of carbonyl (C=O) groups is 2. The highest BCUT2D eigenvalue weighted by Crippen LogP contribution is 2.18. The van der Waals surface area contributed by atoms with Gasteiger partial charge in [0, 0.05) is 17.2 Å². The number of benzene rings is 1. The SMILES string of the molecule is COC(=O)CCSCc1cccc(NC(=O)C(C)(C)N)c1.Cl. The third-order valence-electron chi connectivity index (χ3n) is 2.72. The highest BCUT2D eigenvalue weighted by Gasteiger charge is 2.21. The van der Waals surface area contributed by atoms with Crippen molar-refractivity contribution in [1.29, 1.82) is 0 Å². The maximum absolute atomic E-state index is 11.8. The standard InChI is InChI=1S/C15H22N2O3S.ClH/c1-15(2,16)14(19)17-12-6-4-5-11(9-12)10-21-8-7-13(18)20-3;/h4-6,9H,7-8,10,16H2,1-3H3,(H,17,19);1H. The van der Waals surface area contributed by atoms with Crippen molar-refractivity contribution >= 4 is 41.7 Å². The Morgan fingerprint density at radius 2 is 2.05 bits per heavy atom. The molecule has 0 fully saturated rings. The second-order valence-corrected chi connectivity index (χ2v) is 6.36. The van der Waals surface area contributed by atoms with Gasteiger partial charge in [-0.1, -0.05) is 12.1 Å². The van der Waals surface area contributed by atoms with Crippen LogP contribution in [-0.4, -0.2) is 30.3 Å². The van der Waals surface area contributed by atoms with Crippen LogP contribution in [0.2, 0.25) is 0 Å². The fourth-order valence-corrected chi connectivity index (χ4v) is 2.35. The van der Waals surface area contributed by atoms with Crippen LogP contribution in [0.4, 0.5) is 5.69 Å². The van der Waals surface area contributed by atoms with Gasteiger partial charge in [0.05, 0.1) is 19.1 Å². The van der Waals surface area contributed by atoms with Crippen molar-refractivity contribution in [3.05, 3.63) is 29.8 Å². The zero-order valence-electron chi connectivity index (χ0n) is 13.0. The number of amides is 1. The minimum atomic E-state index is -0.911. The number of esters is 1. The number of hydrogen-bond donors (Lipinski definition) is 2. The minimum Gasteiger partial charge on any atom is -0.469 e. The molecule has 124 valence electrons. The summed E-state index contributed by atoms with van der Waals surface area (Å²) < 4.78 is 4.59. The van der Waals surface area contributed by atoms with E-state index < -0.39 is 5.54 Å². The molecule has 1 amide bonds. The quantitative estimate of drug-likeness (QED) is 0.585. The zero-order valence-corrected chi connectivity index (χ0v) is 14.7. The van der Waals surface area contributed by atoms with Crippen LogP contribution in [0.3, 0.4) is 0 Å². The van der Waals surface area contributed by atoms with Gasteiger partial charge in [-0.25, -0.2) is 0 Å². The maximum atomic E-state index is 11.8. The van der Waals surface area contributed by atoms with E-state index in [1.165, 1.54) is 7.11 Å². The Labute approximate surface area is 141 Å². The van der Waals surface area contributed by atoms with Gasteiger partial charge < -0.3 is 15.8 Å². The van der Waals surface area contributed by atoms with Crippen molar-refractivity contribution in [3.8, 4) is 0 Å². The minimum absolute atomic E-state index is 0. The normalized spacial score (nSPS) is 10.5. The first kappa shape index (κ1) is 20.8. The molecule has 0 atom stereocenters. The number of halogens is 1. The summed E-state index contributed by atoms with van der Waals surface area (Å²) >= 11 is 1.64. The summed E-state index contributed by atoms with van der Waals surface area (Å²) in [6.45, 7) is 3.32. The fourth-order valence-electron chi connectivity index (χ4n) is 1.48. The smallest absolute Gasteiger partial charge is 0.306 e. The van der Waals surface area contributed by atoms with E-state index in [1.807, 2.05) is 24.3 Å². The van der Waals surface area contributed by atoms with Crippen LogP contribution in [0.5, 0.6) is 0 Å². The second kappa shape index (κ2) is 9.71. The molecule has 0 bridgehead atoms. The van der Waals surface area contributed by atoms with Gasteiger partial charge in [-0.2, -0.15) is 11.8 Å². The van der Waals surface area contributed by atoms with Gasteiger partial charge in [-0.05, 0) is 31.5 Å². The number of thioether (sulfide) groups is 1. The maximum Gasteiger partial charge on any atom is 0.306 e. The van der Waals surface area contributed by atoms with Crippen molar-refractivity contribution in [2.75, 3.05) is 18.2 Å². The van der Waals surface area contributed by atoms with Gasteiger partial charge in [0.1, 0.15) is 0 Å². The lowest BCUT2D eigenvalue weighted by molar-refractivity contribution is -0.140. The second-order valence-electron chi connectivity index (χ2n) is 5.25.